The molecule has 2 aliphatic rings. The summed E-state index contributed by atoms with van der Waals surface area (Å²) in [7, 11) is 0. The van der Waals surface area contributed by atoms with E-state index in [1.807, 2.05) is 11.0 Å². The molecule has 2 aliphatic carbocycles. The molecular formula is C17H19NO3. The molecule has 110 valence electrons. The summed E-state index contributed by atoms with van der Waals surface area (Å²) in [5.74, 6) is -0.223. The van der Waals surface area contributed by atoms with Crippen molar-refractivity contribution in [2.75, 3.05) is 6.54 Å². The van der Waals surface area contributed by atoms with E-state index in [1.165, 1.54) is 18.9 Å². The van der Waals surface area contributed by atoms with Gasteiger partial charge in [0.1, 0.15) is 0 Å². The average Bonchev–Trinajstić information content (AvgIpc) is 3.35. The molecule has 0 heterocycles. The molecular weight excluding hydrogens is 266 g/mol. The molecule has 21 heavy (non-hydrogen) atoms. The van der Waals surface area contributed by atoms with Crippen LogP contribution >= 0.6 is 0 Å². The molecule has 0 unspecified atom stereocenters. The van der Waals surface area contributed by atoms with Gasteiger partial charge in [-0.1, -0.05) is 12.1 Å². The number of hydrogen-bond donors (Lipinski definition) is 1. The zero-order chi connectivity index (χ0) is 14.8. The average molecular weight is 285 g/mol. The van der Waals surface area contributed by atoms with Crippen molar-refractivity contribution in [3.63, 3.8) is 0 Å². The zero-order valence-corrected chi connectivity index (χ0v) is 11.9. The second-order valence-corrected chi connectivity index (χ2v) is 5.93. The summed E-state index contributed by atoms with van der Waals surface area (Å²) in [5, 5.41) is 8.67. The van der Waals surface area contributed by atoms with Gasteiger partial charge in [-0.05, 0) is 55.4 Å². The first-order valence-corrected chi connectivity index (χ1v) is 7.45. The second-order valence-electron chi connectivity index (χ2n) is 5.93. The van der Waals surface area contributed by atoms with Crippen LogP contribution in [0.15, 0.2) is 30.3 Å². The third-order valence-electron chi connectivity index (χ3n) is 3.95. The van der Waals surface area contributed by atoms with Crippen LogP contribution < -0.4 is 0 Å². The van der Waals surface area contributed by atoms with Crippen LogP contribution in [0.3, 0.4) is 0 Å². The maximum Gasteiger partial charge on any atom is 0.328 e. The lowest BCUT2D eigenvalue weighted by molar-refractivity contribution is -0.131. The summed E-state index contributed by atoms with van der Waals surface area (Å²) in [5.41, 5.74) is 1.39. The van der Waals surface area contributed by atoms with Gasteiger partial charge in [-0.3, -0.25) is 4.79 Å². The maximum absolute atomic E-state index is 12.7. The molecule has 0 atom stereocenters. The predicted molar refractivity (Wildman–Crippen MR) is 79.9 cm³/mol. The van der Waals surface area contributed by atoms with E-state index in [0.29, 0.717) is 17.5 Å². The number of carboxylic acid groups (broad SMARTS) is 1. The van der Waals surface area contributed by atoms with E-state index in [2.05, 4.69) is 0 Å². The van der Waals surface area contributed by atoms with Gasteiger partial charge in [-0.25, -0.2) is 4.79 Å². The van der Waals surface area contributed by atoms with Gasteiger partial charge in [0.05, 0.1) is 0 Å². The normalized spacial score (nSPS) is 17.9. The molecule has 1 aromatic rings. The van der Waals surface area contributed by atoms with Gasteiger partial charge in [0.25, 0.3) is 5.91 Å². The summed E-state index contributed by atoms with van der Waals surface area (Å²) in [6, 6.07) is 7.60. The molecule has 4 heteroatoms. The lowest BCUT2D eigenvalue weighted by atomic mass is 10.1. The van der Waals surface area contributed by atoms with Crippen molar-refractivity contribution < 1.29 is 14.7 Å². The fourth-order valence-corrected chi connectivity index (χ4v) is 2.47. The molecule has 0 saturated heterocycles. The first-order chi connectivity index (χ1) is 10.1. The van der Waals surface area contributed by atoms with Crippen molar-refractivity contribution in [2.45, 2.75) is 31.7 Å². The molecule has 0 aliphatic heterocycles. The number of hydrogen-bond acceptors (Lipinski definition) is 2. The Bertz CT molecular complexity index is 585. The first kappa shape index (κ1) is 13.9. The van der Waals surface area contributed by atoms with Gasteiger partial charge in [0.15, 0.2) is 0 Å². The van der Waals surface area contributed by atoms with E-state index in [9.17, 15) is 9.59 Å². The van der Waals surface area contributed by atoms with Gasteiger partial charge < -0.3 is 10.0 Å². The highest BCUT2D eigenvalue weighted by atomic mass is 16.4. The lowest BCUT2D eigenvalue weighted by Gasteiger charge is -2.22. The Hall–Kier alpha value is -2.10. The van der Waals surface area contributed by atoms with Crippen LogP contribution in [0.1, 0.15) is 41.6 Å². The Labute approximate surface area is 124 Å². The van der Waals surface area contributed by atoms with Gasteiger partial charge in [0.2, 0.25) is 0 Å². The molecule has 2 saturated carbocycles. The van der Waals surface area contributed by atoms with Crippen LogP contribution in [0.5, 0.6) is 0 Å². The highest BCUT2D eigenvalue weighted by Crippen LogP contribution is 2.35. The first-order valence-electron chi connectivity index (χ1n) is 7.45. The largest absolute Gasteiger partial charge is 0.478 e. The summed E-state index contributed by atoms with van der Waals surface area (Å²) in [4.78, 5) is 25.2. The Morgan fingerprint density at radius 2 is 2.00 bits per heavy atom. The molecule has 2 fully saturated rings. The number of carboxylic acids is 1. The Morgan fingerprint density at radius 3 is 2.62 bits per heavy atom. The van der Waals surface area contributed by atoms with Crippen LogP contribution in [-0.4, -0.2) is 34.5 Å². The topological polar surface area (TPSA) is 57.6 Å². The fraction of sp³-hybridized carbons (Fsp3) is 0.412. The highest BCUT2D eigenvalue weighted by Gasteiger charge is 2.36. The highest BCUT2D eigenvalue weighted by molar-refractivity contribution is 5.95. The van der Waals surface area contributed by atoms with Crippen molar-refractivity contribution in [2.24, 2.45) is 5.92 Å². The summed E-state index contributed by atoms with van der Waals surface area (Å²) >= 11 is 0. The Balaban J connectivity index is 1.76. The second kappa shape index (κ2) is 5.72. The molecule has 3 rings (SSSR count). The molecule has 0 spiro atoms. The van der Waals surface area contributed by atoms with E-state index in [-0.39, 0.29) is 5.91 Å². The minimum Gasteiger partial charge on any atom is -0.478 e. The van der Waals surface area contributed by atoms with E-state index in [0.717, 1.165) is 31.0 Å². The number of rotatable bonds is 6. The molecule has 0 aromatic heterocycles. The lowest BCUT2D eigenvalue weighted by Crippen LogP contribution is -2.34. The zero-order valence-electron chi connectivity index (χ0n) is 11.9. The Morgan fingerprint density at radius 1 is 1.24 bits per heavy atom. The van der Waals surface area contributed by atoms with Crippen LogP contribution in [-0.2, 0) is 4.79 Å². The van der Waals surface area contributed by atoms with Crippen LogP contribution in [0, 0.1) is 5.92 Å². The monoisotopic (exact) mass is 285 g/mol. The minimum atomic E-state index is -0.986. The standard InChI is InChI=1S/C17H19NO3/c19-16(20)9-6-12-2-1-3-14(10-12)17(21)18(15-7-8-15)11-13-4-5-13/h1-3,6,9-10,13,15H,4-5,7-8,11H2,(H,19,20). The number of benzene rings is 1. The number of carbonyl (C=O) groups is 2. The van der Waals surface area contributed by atoms with E-state index < -0.39 is 5.97 Å². The number of amides is 1. The summed E-state index contributed by atoms with van der Waals surface area (Å²) < 4.78 is 0. The van der Waals surface area contributed by atoms with Crippen molar-refractivity contribution in [3.05, 3.63) is 41.5 Å². The number of carbonyl (C=O) groups excluding carboxylic acids is 1. The third kappa shape index (κ3) is 3.72. The fourth-order valence-electron chi connectivity index (χ4n) is 2.47. The van der Waals surface area contributed by atoms with Crippen molar-refractivity contribution in [1.82, 2.24) is 4.90 Å². The van der Waals surface area contributed by atoms with E-state index in [1.54, 1.807) is 18.2 Å². The van der Waals surface area contributed by atoms with Gasteiger partial charge in [-0.2, -0.15) is 0 Å². The quantitative estimate of drug-likeness (QED) is 0.818. The van der Waals surface area contributed by atoms with Crippen LogP contribution in [0.4, 0.5) is 0 Å². The van der Waals surface area contributed by atoms with E-state index in [4.69, 9.17) is 5.11 Å². The molecule has 4 nitrogen and oxygen atoms in total. The van der Waals surface area contributed by atoms with Gasteiger partial charge in [-0.15, -0.1) is 0 Å². The summed E-state index contributed by atoms with van der Waals surface area (Å²) in [6.07, 6.45) is 7.29. The molecule has 1 amide bonds. The molecule has 0 bridgehead atoms. The smallest absolute Gasteiger partial charge is 0.328 e. The maximum atomic E-state index is 12.7. The van der Waals surface area contributed by atoms with Crippen molar-refractivity contribution >= 4 is 18.0 Å². The number of nitrogens with zero attached hydrogens (tertiary/aromatic N) is 1. The van der Waals surface area contributed by atoms with E-state index >= 15 is 0 Å². The SMILES string of the molecule is O=C(O)C=Cc1cccc(C(=O)N(CC2CC2)C2CC2)c1. The van der Waals surface area contributed by atoms with Crippen LogP contribution in [0.2, 0.25) is 0 Å². The molecule has 1 aromatic carbocycles. The third-order valence-corrected chi connectivity index (χ3v) is 3.95. The number of aliphatic carboxylic acids is 1. The summed E-state index contributed by atoms with van der Waals surface area (Å²) in [6.45, 7) is 0.874. The van der Waals surface area contributed by atoms with Crippen LogP contribution in [0.25, 0.3) is 6.08 Å². The van der Waals surface area contributed by atoms with Crippen molar-refractivity contribution in [3.8, 4) is 0 Å². The van der Waals surface area contributed by atoms with Gasteiger partial charge in [0, 0.05) is 24.2 Å². The molecule has 1 N–H and O–H groups in total. The molecule has 0 radical (unpaired) electrons. The Kier molecular flexibility index (Phi) is 3.78. The minimum absolute atomic E-state index is 0.0787. The van der Waals surface area contributed by atoms with Crippen molar-refractivity contribution in [1.29, 1.82) is 0 Å². The van der Waals surface area contributed by atoms with Gasteiger partial charge >= 0.3 is 5.97 Å². The predicted octanol–water partition coefficient (Wildman–Crippen LogP) is 2.80.